The summed E-state index contributed by atoms with van der Waals surface area (Å²) >= 11 is 0. The van der Waals surface area contributed by atoms with Gasteiger partial charge in [0.15, 0.2) is 0 Å². The second-order valence-corrected chi connectivity index (χ2v) is 5.64. The van der Waals surface area contributed by atoms with E-state index in [1.54, 1.807) is 0 Å². The van der Waals surface area contributed by atoms with Gasteiger partial charge in [-0.15, -0.1) is 0 Å². The van der Waals surface area contributed by atoms with Crippen LogP contribution in [0.4, 0.5) is 5.69 Å². The summed E-state index contributed by atoms with van der Waals surface area (Å²) in [5.74, 6) is 0.613. The van der Waals surface area contributed by atoms with E-state index in [2.05, 4.69) is 48.3 Å². The van der Waals surface area contributed by atoms with Gasteiger partial charge in [0.05, 0.1) is 6.61 Å². The second-order valence-electron chi connectivity index (χ2n) is 5.64. The molecule has 0 bridgehead atoms. The molecule has 0 saturated heterocycles. The van der Waals surface area contributed by atoms with E-state index < -0.39 is 0 Å². The predicted octanol–water partition coefficient (Wildman–Crippen LogP) is 2.83. The first-order valence-corrected chi connectivity index (χ1v) is 7.31. The lowest BCUT2D eigenvalue weighted by Crippen LogP contribution is -2.36. The van der Waals surface area contributed by atoms with E-state index in [9.17, 15) is 0 Å². The van der Waals surface area contributed by atoms with Gasteiger partial charge in [-0.1, -0.05) is 32.0 Å². The standard InChI is InChI=1S/C16H26N2O/c1-13(2)12-19-11-10-18-9-8-15(17-3)14-6-4-5-7-16(14)18/h4-7,13,15,17H,8-12H2,1-3H3. The van der Waals surface area contributed by atoms with Gasteiger partial charge >= 0.3 is 0 Å². The first-order chi connectivity index (χ1) is 9.22. The third kappa shape index (κ3) is 3.71. The molecule has 3 nitrogen and oxygen atoms in total. The van der Waals surface area contributed by atoms with Gasteiger partial charge < -0.3 is 15.0 Å². The van der Waals surface area contributed by atoms with Gasteiger partial charge in [0.1, 0.15) is 0 Å². The lowest BCUT2D eigenvalue weighted by molar-refractivity contribution is 0.115. The van der Waals surface area contributed by atoms with Crippen LogP contribution in [0.3, 0.4) is 0 Å². The summed E-state index contributed by atoms with van der Waals surface area (Å²) in [7, 11) is 2.04. The summed E-state index contributed by atoms with van der Waals surface area (Å²) in [5.41, 5.74) is 2.78. The Balaban J connectivity index is 1.96. The van der Waals surface area contributed by atoms with Crippen molar-refractivity contribution in [2.45, 2.75) is 26.3 Å². The zero-order valence-electron chi connectivity index (χ0n) is 12.4. The number of para-hydroxylation sites is 1. The summed E-state index contributed by atoms with van der Waals surface area (Å²) in [6.07, 6.45) is 1.16. The number of hydrogen-bond acceptors (Lipinski definition) is 3. The molecule has 1 aromatic carbocycles. The van der Waals surface area contributed by atoms with Gasteiger partial charge in [0.2, 0.25) is 0 Å². The van der Waals surface area contributed by atoms with E-state index in [0.29, 0.717) is 12.0 Å². The van der Waals surface area contributed by atoms with Crippen LogP contribution in [0.15, 0.2) is 24.3 Å². The zero-order valence-corrected chi connectivity index (χ0v) is 12.4. The van der Waals surface area contributed by atoms with Gasteiger partial charge in [-0.05, 0) is 31.0 Å². The molecule has 0 fully saturated rings. The summed E-state index contributed by atoms with van der Waals surface area (Å²) in [6.45, 7) is 8.14. The van der Waals surface area contributed by atoms with Crippen molar-refractivity contribution >= 4 is 5.69 Å². The predicted molar refractivity (Wildman–Crippen MR) is 80.7 cm³/mol. The Morgan fingerprint density at radius 1 is 1.37 bits per heavy atom. The van der Waals surface area contributed by atoms with Crippen LogP contribution in [0.25, 0.3) is 0 Å². The number of benzene rings is 1. The van der Waals surface area contributed by atoms with Crippen LogP contribution in [0.2, 0.25) is 0 Å². The smallest absolute Gasteiger partial charge is 0.0641 e. The molecular weight excluding hydrogens is 236 g/mol. The fraction of sp³-hybridized carbons (Fsp3) is 0.625. The first kappa shape index (κ1) is 14.4. The average Bonchev–Trinajstić information content (AvgIpc) is 2.43. The van der Waals surface area contributed by atoms with Crippen molar-refractivity contribution in [3.05, 3.63) is 29.8 Å². The zero-order chi connectivity index (χ0) is 13.7. The largest absolute Gasteiger partial charge is 0.379 e. The van der Waals surface area contributed by atoms with Crippen molar-refractivity contribution in [2.24, 2.45) is 5.92 Å². The van der Waals surface area contributed by atoms with Gasteiger partial charge in [-0.2, -0.15) is 0 Å². The molecule has 19 heavy (non-hydrogen) atoms. The summed E-state index contributed by atoms with van der Waals surface area (Å²) in [4.78, 5) is 2.45. The monoisotopic (exact) mass is 262 g/mol. The highest BCUT2D eigenvalue weighted by molar-refractivity contribution is 5.56. The van der Waals surface area contributed by atoms with Crippen LogP contribution >= 0.6 is 0 Å². The Bertz CT molecular complexity index is 392. The average molecular weight is 262 g/mol. The molecule has 1 aliphatic heterocycles. The molecule has 106 valence electrons. The van der Waals surface area contributed by atoms with E-state index in [1.165, 1.54) is 11.3 Å². The normalized spacial score (nSPS) is 18.7. The Morgan fingerprint density at radius 2 is 2.16 bits per heavy atom. The van der Waals surface area contributed by atoms with Crippen molar-refractivity contribution < 1.29 is 4.74 Å². The fourth-order valence-electron chi connectivity index (χ4n) is 2.66. The third-order valence-electron chi connectivity index (χ3n) is 3.65. The molecule has 0 amide bonds. The lowest BCUT2D eigenvalue weighted by Gasteiger charge is -2.35. The van der Waals surface area contributed by atoms with Gasteiger partial charge in [-0.25, -0.2) is 0 Å². The molecule has 0 spiro atoms. The number of rotatable bonds is 6. The highest BCUT2D eigenvalue weighted by Crippen LogP contribution is 2.32. The van der Waals surface area contributed by atoms with E-state index in [1.807, 2.05) is 7.05 Å². The summed E-state index contributed by atoms with van der Waals surface area (Å²) < 4.78 is 5.71. The topological polar surface area (TPSA) is 24.5 Å². The van der Waals surface area contributed by atoms with Crippen LogP contribution in [0, 0.1) is 5.92 Å². The number of ether oxygens (including phenoxy) is 1. The van der Waals surface area contributed by atoms with Crippen molar-refractivity contribution in [2.75, 3.05) is 38.3 Å². The molecule has 1 aliphatic rings. The van der Waals surface area contributed by atoms with Crippen LogP contribution < -0.4 is 10.2 Å². The van der Waals surface area contributed by atoms with Crippen LogP contribution in [0.5, 0.6) is 0 Å². The van der Waals surface area contributed by atoms with Gasteiger partial charge in [0, 0.05) is 31.4 Å². The fourth-order valence-corrected chi connectivity index (χ4v) is 2.66. The Morgan fingerprint density at radius 3 is 2.89 bits per heavy atom. The molecule has 2 rings (SSSR count). The highest BCUT2D eigenvalue weighted by atomic mass is 16.5. The van der Waals surface area contributed by atoms with Gasteiger partial charge in [-0.3, -0.25) is 0 Å². The van der Waals surface area contributed by atoms with Crippen LogP contribution in [-0.2, 0) is 4.74 Å². The van der Waals surface area contributed by atoms with Crippen molar-refractivity contribution in [1.82, 2.24) is 5.32 Å². The molecule has 1 atom stereocenters. The highest BCUT2D eigenvalue weighted by Gasteiger charge is 2.23. The molecule has 0 saturated carbocycles. The summed E-state index contributed by atoms with van der Waals surface area (Å²) in [5, 5.41) is 3.40. The Labute approximate surface area is 116 Å². The Hall–Kier alpha value is -1.06. The van der Waals surface area contributed by atoms with E-state index in [0.717, 1.165) is 32.7 Å². The maximum atomic E-state index is 5.71. The second kappa shape index (κ2) is 6.92. The minimum Gasteiger partial charge on any atom is -0.379 e. The maximum Gasteiger partial charge on any atom is 0.0641 e. The maximum absolute atomic E-state index is 5.71. The van der Waals surface area contributed by atoms with Crippen LogP contribution in [0.1, 0.15) is 31.9 Å². The minimum absolute atomic E-state index is 0.490. The quantitative estimate of drug-likeness (QED) is 0.798. The molecule has 3 heteroatoms. The van der Waals surface area contributed by atoms with Crippen molar-refractivity contribution in [1.29, 1.82) is 0 Å². The number of hydrogen-bond donors (Lipinski definition) is 1. The number of anilines is 1. The van der Waals surface area contributed by atoms with Crippen LogP contribution in [-0.4, -0.2) is 33.4 Å². The number of nitrogens with zero attached hydrogens (tertiary/aromatic N) is 1. The van der Waals surface area contributed by atoms with Gasteiger partial charge in [0.25, 0.3) is 0 Å². The molecular formula is C16H26N2O. The van der Waals surface area contributed by atoms with E-state index in [-0.39, 0.29) is 0 Å². The molecule has 0 aromatic heterocycles. The minimum atomic E-state index is 0.490. The summed E-state index contributed by atoms with van der Waals surface area (Å²) in [6, 6.07) is 9.20. The third-order valence-corrected chi connectivity index (χ3v) is 3.65. The van der Waals surface area contributed by atoms with E-state index in [4.69, 9.17) is 4.74 Å². The molecule has 0 aliphatic carbocycles. The van der Waals surface area contributed by atoms with E-state index >= 15 is 0 Å². The lowest BCUT2D eigenvalue weighted by atomic mass is 9.96. The molecule has 1 N–H and O–H groups in total. The number of fused-ring (bicyclic) bond motifs is 1. The molecule has 1 heterocycles. The number of nitrogens with one attached hydrogen (secondary N) is 1. The molecule has 1 aromatic rings. The van der Waals surface area contributed by atoms with Crippen molar-refractivity contribution in [3.63, 3.8) is 0 Å². The molecule has 1 unspecified atom stereocenters. The van der Waals surface area contributed by atoms with Crippen molar-refractivity contribution in [3.8, 4) is 0 Å². The first-order valence-electron chi connectivity index (χ1n) is 7.31. The Kier molecular flexibility index (Phi) is 5.23. The molecule has 0 radical (unpaired) electrons. The SMILES string of the molecule is CNC1CCN(CCOCC(C)C)c2ccccc21.